The minimum Gasteiger partial charge on any atom is -0.494 e. The van der Waals surface area contributed by atoms with Gasteiger partial charge in [0, 0.05) is 16.6 Å². The third kappa shape index (κ3) is 4.90. The van der Waals surface area contributed by atoms with Crippen molar-refractivity contribution in [1.82, 2.24) is 9.97 Å². The van der Waals surface area contributed by atoms with Crippen molar-refractivity contribution in [3.63, 3.8) is 0 Å². The molecular weight excluding hydrogens is 463 g/mol. The van der Waals surface area contributed by atoms with Gasteiger partial charge in [-0.1, -0.05) is 12.1 Å². The number of amides is 2. The maximum atomic E-state index is 14.0. The number of aromatic nitrogens is 2. The van der Waals surface area contributed by atoms with Gasteiger partial charge in [-0.05, 0) is 55.0 Å². The summed E-state index contributed by atoms with van der Waals surface area (Å²) in [6.45, 7) is 1.89. The molecule has 2 amide bonds. The zero-order chi connectivity index (χ0) is 25.8. The normalized spacial score (nSPS) is 11.4. The molecule has 3 aromatic carbocycles. The van der Waals surface area contributed by atoms with E-state index in [1.807, 2.05) is 19.1 Å². The average Bonchev–Trinajstić information content (AvgIpc) is 2.88. The second-order valence-corrected chi connectivity index (χ2v) is 7.91. The molecule has 0 saturated heterocycles. The number of rotatable bonds is 7. The number of carbonyl (C=O) groups excluding carboxylic acids is 2. The summed E-state index contributed by atoms with van der Waals surface area (Å²) in [6.07, 6.45) is 1.31. The number of fused-ring (bicyclic) bond motifs is 1. The lowest BCUT2D eigenvalue weighted by molar-refractivity contribution is 0.0998. The monoisotopic (exact) mass is 484 g/mol. The number of halogens is 1. The summed E-state index contributed by atoms with van der Waals surface area (Å²) in [4.78, 5) is 33.0. The van der Waals surface area contributed by atoms with Crippen LogP contribution >= 0.6 is 0 Å². The summed E-state index contributed by atoms with van der Waals surface area (Å²) >= 11 is 0. The van der Waals surface area contributed by atoms with Crippen LogP contribution in [0.5, 0.6) is 5.75 Å². The number of carbonyl (C=O) groups is 2. The molecule has 0 fully saturated rings. The molecule has 180 valence electrons. The Kier molecular flexibility index (Phi) is 6.74. The van der Waals surface area contributed by atoms with E-state index in [-0.39, 0.29) is 28.5 Å². The molecule has 10 heteroatoms. The first-order valence-electron chi connectivity index (χ1n) is 10.8. The molecule has 36 heavy (non-hydrogen) atoms. The van der Waals surface area contributed by atoms with E-state index in [2.05, 4.69) is 20.6 Å². The quantitative estimate of drug-likeness (QED) is 0.357. The van der Waals surface area contributed by atoms with Gasteiger partial charge in [0.05, 0.1) is 35.9 Å². The Balaban J connectivity index is 1.58. The number of nitrogens with two attached hydrogens (primary N) is 1. The van der Waals surface area contributed by atoms with E-state index in [9.17, 15) is 19.2 Å². The van der Waals surface area contributed by atoms with Crippen LogP contribution in [0.15, 0.2) is 60.9 Å². The SMILES string of the molecule is COc1ccc(C(=O)Nc2cccc(C(C)Nc3ncnc4c(C(N)=O)cc(C#N)cc34)c2)cc1F. The van der Waals surface area contributed by atoms with E-state index in [4.69, 9.17) is 10.5 Å². The lowest BCUT2D eigenvalue weighted by Gasteiger charge is -2.18. The Labute approximate surface area is 205 Å². The lowest BCUT2D eigenvalue weighted by atomic mass is 10.0. The van der Waals surface area contributed by atoms with Crippen molar-refractivity contribution in [1.29, 1.82) is 5.26 Å². The molecule has 0 aliphatic heterocycles. The zero-order valence-corrected chi connectivity index (χ0v) is 19.4. The molecule has 4 N–H and O–H groups in total. The Hall–Kier alpha value is -5.04. The number of anilines is 2. The van der Waals surface area contributed by atoms with Crippen molar-refractivity contribution in [2.45, 2.75) is 13.0 Å². The number of nitrogens with zero attached hydrogens (tertiary/aromatic N) is 3. The first-order chi connectivity index (χ1) is 17.3. The molecule has 0 spiro atoms. The molecule has 0 aliphatic carbocycles. The van der Waals surface area contributed by atoms with Crippen LogP contribution in [0.3, 0.4) is 0 Å². The van der Waals surface area contributed by atoms with Crippen molar-refractivity contribution in [3.8, 4) is 11.8 Å². The first-order valence-corrected chi connectivity index (χ1v) is 10.8. The molecule has 0 bridgehead atoms. The van der Waals surface area contributed by atoms with Gasteiger partial charge in [0.2, 0.25) is 0 Å². The lowest BCUT2D eigenvalue weighted by Crippen LogP contribution is -2.14. The second-order valence-electron chi connectivity index (χ2n) is 7.91. The van der Waals surface area contributed by atoms with Crippen molar-refractivity contribution >= 4 is 34.2 Å². The van der Waals surface area contributed by atoms with Crippen LogP contribution in [0, 0.1) is 17.1 Å². The average molecular weight is 484 g/mol. The van der Waals surface area contributed by atoms with Gasteiger partial charge in [-0.3, -0.25) is 9.59 Å². The molecule has 1 atom stereocenters. The van der Waals surface area contributed by atoms with E-state index >= 15 is 0 Å². The van der Waals surface area contributed by atoms with Gasteiger partial charge in [-0.2, -0.15) is 5.26 Å². The number of methoxy groups -OCH3 is 1. The molecule has 1 heterocycles. The Morgan fingerprint density at radius 2 is 1.94 bits per heavy atom. The van der Waals surface area contributed by atoms with E-state index in [0.29, 0.717) is 22.4 Å². The van der Waals surface area contributed by atoms with Gasteiger partial charge in [0.1, 0.15) is 12.1 Å². The summed E-state index contributed by atoms with van der Waals surface area (Å²) in [5.41, 5.74) is 7.66. The van der Waals surface area contributed by atoms with Gasteiger partial charge in [0.15, 0.2) is 11.6 Å². The molecule has 1 aromatic heterocycles. The highest BCUT2D eigenvalue weighted by Crippen LogP contribution is 2.28. The highest BCUT2D eigenvalue weighted by atomic mass is 19.1. The van der Waals surface area contributed by atoms with Gasteiger partial charge in [-0.15, -0.1) is 0 Å². The maximum absolute atomic E-state index is 14.0. The molecule has 0 radical (unpaired) electrons. The molecule has 9 nitrogen and oxygen atoms in total. The number of benzene rings is 3. The van der Waals surface area contributed by atoms with Crippen LogP contribution in [0.25, 0.3) is 10.9 Å². The fraction of sp³-hybridized carbons (Fsp3) is 0.115. The molecular formula is C26H21FN6O3. The fourth-order valence-corrected chi connectivity index (χ4v) is 3.72. The highest BCUT2D eigenvalue weighted by Gasteiger charge is 2.16. The van der Waals surface area contributed by atoms with Crippen molar-refractivity contribution in [2.24, 2.45) is 5.73 Å². The van der Waals surface area contributed by atoms with Crippen LogP contribution in [-0.4, -0.2) is 28.9 Å². The zero-order valence-electron chi connectivity index (χ0n) is 19.4. The summed E-state index contributed by atoms with van der Waals surface area (Å²) in [7, 11) is 1.35. The van der Waals surface area contributed by atoms with Crippen molar-refractivity contribution in [2.75, 3.05) is 17.7 Å². The first kappa shape index (κ1) is 24.1. The van der Waals surface area contributed by atoms with Crippen LogP contribution in [0.2, 0.25) is 0 Å². The highest BCUT2D eigenvalue weighted by molar-refractivity contribution is 6.07. The van der Waals surface area contributed by atoms with E-state index in [0.717, 1.165) is 11.6 Å². The summed E-state index contributed by atoms with van der Waals surface area (Å²) in [6, 6.07) is 15.8. The van der Waals surface area contributed by atoms with E-state index in [1.165, 1.54) is 31.6 Å². The molecule has 4 aromatic rings. The minimum absolute atomic E-state index is 0.0514. The van der Waals surface area contributed by atoms with Crippen molar-refractivity contribution < 1.29 is 18.7 Å². The maximum Gasteiger partial charge on any atom is 0.255 e. The van der Waals surface area contributed by atoms with Crippen LogP contribution in [-0.2, 0) is 0 Å². The van der Waals surface area contributed by atoms with Gasteiger partial charge >= 0.3 is 0 Å². The standard InChI is InChI=1S/C26H21FN6O3/c1-14(32-25-20-9-15(12-28)8-19(24(29)34)23(20)30-13-31-25)16-4-3-5-18(10-16)33-26(35)17-6-7-22(36-2)21(27)11-17/h3-11,13-14H,1-2H3,(H2,29,34)(H,33,35)(H,30,31,32). The van der Waals surface area contributed by atoms with Crippen LogP contribution in [0.1, 0.15) is 44.8 Å². The van der Waals surface area contributed by atoms with Crippen LogP contribution in [0.4, 0.5) is 15.9 Å². The fourth-order valence-electron chi connectivity index (χ4n) is 3.72. The summed E-state index contributed by atoms with van der Waals surface area (Å²) in [5, 5.41) is 15.9. The largest absolute Gasteiger partial charge is 0.494 e. The topological polar surface area (TPSA) is 143 Å². The Bertz CT molecular complexity index is 1530. The minimum atomic E-state index is -0.699. The number of hydrogen-bond acceptors (Lipinski definition) is 7. The van der Waals surface area contributed by atoms with Gasteiger partial charge in [-0.25, -0.2) is 14.4 Å². The predicted molar refractivity (Wildman–Crippen MR) is 132 cm³/mol. The number of nitriles is 1. The molecule has 1 unspecified atom stereocenters. The molecule has 0 aliphatic rings. The molecule has 0 saturated carbocycles. The third-order valence-corrected chi connectivity index (χ3v) is 5.54. The predicted octanol–water partition coefficient (Wildman–Crippen LogP) is 4.17. The number of ether oxygens (including phenoxy) is 1. The van der Waals surface area contributed by atoms with Gasteiger partial charge < -0.3 is 21.1 Å². The summed E-state index contributed by atoms with van der Waals surface area (Å²) < 4.78 is 18.9. The Morgan fingerprint density at radius 3 is 2.64 bits per heavy atom. The van der Waals surface area contributed by atoms with E-state index < -0.39 is 17.6 Å². The third-order valence-electron chi connectivity index (χ3n) is 5.54. The van der Waals surface area contributed by atoms with Crippen LogP contribution < -0.4 is 21.1 Å². The Morgan fingerprint density at radius 1 is 1.14 bits per heavy atom. The number of hydrogen-bond donors (Lipinski definition) is 3. The smallest absolute Gasteiger partial charge is 0.255 e. The van der Waals surface area contributed by atoms with Crippen molar-refractivity contribution in [3.05, 3.63) is 89.0 Å². The summed E-state index contributed by atoms with van der Waals surface area (Å²) in [5.74, 6) is -1.34. The number of nitrogens with one attached hydrogen (secondary N) is 2. The second kappa shape index (κ2) is 10.1. The van der Waals surface area contributed by atoms with Gasteiger partial charge in [0.25, 0.3) is 11.8 Å². The number of primary amides is 1. The molecule has 4 rings (SSSR count). The van der Waals surface area contributed by atoms with E-state index in [1.54, 1.807) is 24.3 Å².